The van der Waals surface area contributed by atoms with E-state index in [1.165, 1.54) is 0 Å². The van der Waals surface area contributed by atoms with Crippen molar-refractivity contribution in [2.24, 2.45) is 0 Å². The molecule has 0 unspecified atom stereocenters. The third-order valence-electron chi connectivity index (χ3n) is 3.87. The van der Waals surface area contributed by atoms with Crippen LogP contribution >= 0.6 is 0 Å². The Morgan fingerprint density at radius 1 is 1.08 bits per heavy atom. The Morgan fingerprint density at radius 3 is 2.46 bits per heavy atom. The van der Waals surface area contributed by atoms with Crippen LogP contribution in [-0.4, -0.2) is 22.4 Å². The molecule has 0 saturated carbocycles. The van der Waals surface area contributed by atoms with Crippen LogP contribution in [0, 0.1) is 20.8 Å². The predicted octanol–water partition coefficient (Wildman–Crippen LogP) is 4.07. The number of hydrogen-bond donors (Lipinski definition) is 2. The quantitative estimate of drug-likeness (QED) is 0.753. The number of carbonyl (C=O) groups excluding carboxylic acids is 1. The number of para-hydroxylation sites is 1. The summed E-state index contributed by atoms with van der Waals surface area (Å²) >= 11 is 0. The largest absolute Gasteiger partial charge is 0.351 e. The first-order chi connectivity index (χ1) is 11.5. The van der Waals surface area contributed by atoms with Crippen LogP contribution in [-0.2, 0) is 0 Å². The van der Waals surface area contributed by atoms with Crippen LogP contribution in [0.4, 0.5) is 11.6 Å². The Hall–Kier alpha value is -2.43. The normalized spacial score (nSPS) is 10.5. The summed E-state index contributed by atoms with van der Waals surface area (Å²) in [6, 6.07) is 7.80. The Morgan fingerprint density at radius 2 is 1.79 bits per heavy atom. The van der Waals surface area contributed by atoms with Crippen molar-refractivity contribution in [2.75, 3.05) is 11.9 Å². The van der Waals surface area contributed by atoms with Gasteiger partial charge in [0.05, 0.1) is 0 Å². The van der Waals surface area contributed by atoms with Crippen LogP contribution in [0.2, 0.25) is 0 Å². The second-order valence-corrected chi connectivity index (χ2v) is 6.07. The van der Waals surface area contributed by atoms with Crippen LogP contribution in [0.25, 0.3) is 0 Å². The molecule has 1 heterocycles. The highest BCUT2D eigenvalue weighted by molar-refractivity contribution is 5.92. The molecule has 0 aliphatic carbocycles. The molecule has 1 aromatic carbocycles. The third-order valence-corrected chi connectivity index (χ3v) is 3.87. The molecule has 0 fully saturated rings. The smallest absolute Gasteiger partial charge is 0.270 e. The lowest BCUT2D eigenvalue weighted by Crippen LogP contribution is -2.26. The van der Waals surface area contributed by atoms with E-state index in [0.29, 0.717) is 18.2 Å². The topological polar surface area (TPSA) is 66.9 Å². The van der Waals surface area contributed by atoms with E-state index < -0.39 is 0 Å². The van der Waals surface area contributed by atoms with Gasteiger partial charge in [0.15, 0.2) is 0 Å². The van der Waals surface area contributed by atoms with E-state index in [2.05, 4.69) is 27.5 Å². The maximum absolute atomic E-state index is 12.3. The number of unbranched alkanes of at least 4 members (excludes halogenated alkanes) is 2. The minimum atomic E-state index is -0.152. The molecular formula is C19H26N4O. The Kier molecular flexibility index (Phi) is 6.29. The number of anilines is 2. The zero-order chi connectivity index (χ0) is 17.5. The molecule has 24 heavy (non-hydrogen) atoms. The fourth-order valence-corrected chi connectivity index (χ4v) is 2.53. The third kappa shape index (κ3) is 4.78. The molecule has 2 N–H and O–H groups in total. The first-order valence-electron chi connectivity index (χ1n) is 8.48. The van der Waals surface area contributed by atoms with Gasteiger partial charge < -0.3 is 10.6 Å². The summed E-state index contributed by atoms with van der Waals surface area (Å²) in [6.45, 7) is 8.75. The van der Waals surface area contributed by atoms with Gasteiger partial charge in [-0.25, -0.2) is 9.97 Å². The van der Waals surface area contributed by atoms with E-state index >= 15 is 0 Å². The van der Waals surface area contributed by atoms with Crippen LogP contribution in [0.15, 0.2) is 24.3 Å². The van der Waals surface area contributed by atoms with Gasteiger partial charge in [0.2, 0.25) is 5.95 Å². The van der Waals surface area contributed by atoms with Crippen molar-refractivity contribution < 1.29 is 4.79 Å². The van der Waals surface area contributed by atoms with E-state index in [0.717, 1.165) is 41.8 Å². The number of amides is 1. The molecule has 0 saturated heterocycles. The van der Waals surface area contributed by atoms with Crippen molar-refractivity contribution in [3.63, 3.8) is 0 Å². The number of carbonyl (C=O) groups is 1. The number of hydrogen-bond acceptors (Lipinski definition) is 4. The van der Waals surface area contributed by atoms with Gasteiger partial charge in [-0.3, -0.25) is 4.79 Å². The van der Waals surface area contributed by atoms with Crippen molar-refractivity contribution in [1.29, 1.82) is 0 Å². The van der Waals surface area contributed by atoms with Gasteiger partial charge >= 0.3 is 0 Å². The van der Waals surface area contributed by atoms with Crippen molar-refractivity contribution in [3.05, 3.63) is 46.8 Å². The minimum absolute atomic E-state index is 0.152. The summed E-state index contributed by atoms with van der Waals surface area (Å²) in [5.41, 5.74) is 4.37. The highest BCUT2D eigenvalue weighted by Crippen LogP contribution is 2.22. The van der Waals surface area contributed by atoms with Crippen molar-refractivity contribution in [1.82, 2.24) is 15.3 Å². The summed E-state index contributed by atoms with van der Waals surface area (Å²) < 4.78 is 0. The van der Waals surface area contributed by atoms with Crippen LogP contribution in [0.5, 0.6) is 0 Å². The number of nitrogens with one attached hydrogen (secondary N) is 2. The molecule has 5 heteroatoms. The second kappa shape index (κ2) is 8.43. The fraction of sp³-hybridized carbons (Fsp3) is 0.421. The molecule has 1 aromatic heterocycles. The summed E-state index contributed by atoms with van der Waals surface area (Å²) in [5, 5.41) is 6.17. The molecule has 0 spiro atoms. The lowest BCUT2D eigenvalue weighted by atomic mass is 10.1. The van der Waals surface area contributed by atoms with Gasteiger partial charge in [-0.1, -0.05) is 38.0 Å². The number of aryl methyl sites for hydroxylation is 3. The van der Waals surface area contributed by atoms with E-state index in [9.17, 15) is 4.79 Å². The van der Waals surface area contributed by atoms with Crippen molar-refractivity contribution >= 4 is 17.5 Å². The van der Waals surface area contributed by atoms with Crippen LogP contribution in [0.3, 0.4) is 0 Å². The summed E-state index contributed by atoms with van der Waals surface area (Å²) in [7, 11) is 0. The molecule has 0 atom stereocenters. The first kappa shape index (κ1) is 17.9. The maximum Gasteiger partial charge on any atom is 0.270 e. The zero-order valence-electron chi connectivity index (χ0n) is 14.9. The molecule has 128 valence electrons. The first-order valence-corrected chi connectivity index (χ1v) is 8.48. The molecule has 2 rings (SSSR count). The molecule has 0 aliphatic rings. The average Bonchev–Trinajstić information content (AvgIpc) is 2.54. The molecule has 2 aromatic rings. The van der Waals surface area contributed by atoms with Crippen molar-refractivity contribution in [3.8, 4) is 0 Å². The molecule has 0 aliphatic heterocycles. The molecule has 0 radical (unpaired) electrons. The molecular weight excluding hydrogens is 300 g/mol. The zero-order valence-corrected chi connectivity index (χ0v) is 14.9. The highest BCUT2D eigenvalue weighted by atomic mass is 16.1. The van der Waals surface area contributed by atoms with E-state index in [4.69, 9.17) is 0 Å². The summed E-state index contributed by atoms with van der Waals surface area (Å²) in [6.07, 6.45) is 3.23. The van der Waals surface area contributed by atoms with E-state index in [1.54, 1.807) is 6.07 Å². The van der Waals surface area contributed by atoms with Gasteiger partial charge in [-0.05, 0) is 44.4 Å². The predicted molar refractivity (Wildman–Crippen MR) is 97.8 cm³/mol. The Labute approximate surface area is 143 Å². The maximum atomic E-state index is 12.3. The van der Waals surface area contributed by atoms with Gasteiger partial charge in [0.1, 0.15) is 5.69 Å². The highest BCUT2D eigenvalue weighted by Gasteiger charge is 2.11. The average molecular weight is 326 g/mol. The molecule has 1 amide bonds. The van der Waals surface area contributed by atoms with Crippen LogP contribution < -0.4 is 10.6 Å². The van der Waals surface area contributed by atoms with Gasteiger partial charge in [0, 0.05) is 17.9 Å². The van der Waals surface area contributed by atoms with E-state index in [1.807, 2.05) is 39.0 Å². The minimum Gasteiger partial charge on any atom is -0.351 e. The number of nitrogens with zero attached hydrogens (tertiary/aromatic N) is 2. The van der Waals surface area contributed by atoms with Gasteiger partial charge in [-0.15, -0.1) is 0 Å². The molecule has 5 nitrogen and oxygen atoms in total. The Balaban J connectivity index is 2.15. The lowest BCUT2D eigenvalue weighted by Gasteiger charge is -2.12. The SMILES string of the molecule is CCCCCNC(=O)c1cc(C)nc(Nc2c(C)cccc2C)n1. The van der Waals surface area contributed by atoms with Gasteiger partial charge in [0.25, 0.3) is 5.91 Å². The van der Waals surface area contributed by atoms with Gasteiger partial charge in [-0.2, -0.15) is 0 Å². The second-order valence-electron chi connectivity index (χ2n) is 6.07. The number of aromatic nitrogens is 2. The monoisotopic (exact) mass is 326 g/mol. The summed E-state index contributed by atoms with van der Waals surface area (Å²) in [4.78, 5) is 21.0. The number of rotatable bonds is 7. The van der Waals surface area contributed by atoms with Crippen LogP contribution in [0.1, 0.15) is 53.5 Å². The lowest BCUT2D eigenvalue weighted by molar-refractivity contribution is 0.0948. The summed E-state index contributed by atoms with van der Waals surface area (Å²) in [5.74, 6) is 0.298. The van der Waals surface area contributed by atoms with Crippen molar-refractivity contribution in [2.45, 2.75) is 47.0 Å². The standard InChI is InChI=1S/C19H26N4O/c1-5-6-7-11-20-18(24)16-12-15(4)21-19(22-16)23-17-13(2)9-8-10-14(17)3/h8-10,12H,5-7,11H2,1-4H3,(H,20,24)(H,21,22,23). The fourth-order valence-electron chi connectivity index (χ4n) is 2.53. The Bertz CT molecular complexity index is 692. The number of benzene rings is 1. The van der Waals surface area contributed by atoms with E-state index in [-0.39, 0.29) is 5.91 Å². The molecule has 0 bridgehead atoms.